The van der Waals surface area contributed by atoms with Gasteiger partial charge in [0.25, 0.3) is 0 Å². The Morgan fingerprint density at radius 2 is 1.60 bits per heavy atom. The zero-order valence-corrected chi connectivity index (χ0v) is 6.43. The van der Waals surface area contributed by atoms with Gasteiger partial charge in [-0.05, 0) is 6.92 Å². The van der Waals surface area contributed by atoms with Gasteiger partial charge in [-0.25, -0.2) is 0 Å². The molecule has 3 aliphatic heterocycles. The van der Waals surface area contributed by atoms with Crippen LogP contribution in [0.1, 0.15) is 6.92 Å². The third-order valence-corrected chi connectivity index (χ3v) is 0.954. The van der Waals surface area contributed by atoms with Crippen LogP contribution in [-0.4, -0.2) is 39.0 Å². The van der Waals surface area contributed by atoms with Gasteiger partial charge in [-0.3, -0.25) is 0 Å². The topological polar surface area (TPSA) is 47.0 Å². The quantitative estimate of drug-likeness (QED) is 0.488. The molecule has 1 unspecified atom stereocenters. The minimum Gasteiger partial charge on any atom is -0.377 e. The van der Waals surface area contributed by atoms with Crippen molar-refractivity contribution in [1.82, 2.24) is 5.32 Å². The van der Waals surface area contributed by atoms with Crippen molar-refractivity contribution >= 4 is 0 Å². The summed E-state index contributed by atoms with van der Waals surface area (Å²) in [6, 6.07) is 0. The van der Waals surface area contributed by atoms with Crippen LogP contribution in [-0.2, 0) is 9.47 Å². The van der Waals surface area contributed by atoms with E-state index in [1.165, 1.54) is 13.1 Å². The van der Waals surface area contributed by atoms with E-state index in [1.54, 1.807) is 0 Å². The Labute approximate surface area is 61.7 Å². The number of nitrogens with one attached hydrogen (secondary N) is 1. The second-order valence-electron chi connectivity index (χ2n) is 2.51. The molecule has 0 aliphatic carbocycles. The number of hydrogen-bond acceptors (Lipinski definition) is 3. The normalized spacial score (nSPS) is 30.3. The molecule has 3 heterocycles. The summed E-state index contributed by atoms with van der Waals surface area (Å²) in [5.41, 5.74) is 0. The molecule has 0 aromatic carbocycles. The van der Waals surface area contributed by atoms with Gasteiger partial charge in [-0.1, -0.05) is 0 Å². The Bertz CT molecular complexity index is 68.2. The van der Waals surface area contributed by atoms with E-state index < -0.39 is 0 Å². The first-order chi connectivity index (χ1) is 4.89. The first kappa shape index (κ1) is 7.98. The van der Waals surface area contributed by atoms with Gasteiger partial charge in [0.15, 0.2) is 0 Å². The van der Waals surface area contributed by atoms with Crippen molar-refractivity contribution in [3.63, 3.8) is 0 Å². The lowest BCUT2D eigenvalue weighted by molar-refractivity contribution is 0.423. The summed E-state index contributed by atoms with van der Waals surface area (Å²) >= 11 is 0. The summed E-state index contributed by atoms with van der Waals surface area (Å²) in [6.07, 6.45) is 0.583. The van der Waals surface area contributed by atoms with Crippen molar-refractivity contribution in [3.05, 3.63) is 0 Å². The lowest BCUT2D eigenvalue weighted by Crippen LogP contribution is -1.60. The van der Waals surface area contributed by atoms with Gasteiger partial charge in [-0.15, -0.1) is 0 Å². The highest BCUT2D eigenvalue weighted by atomic mass is 16.6. The Kier molecular flexibility index (Phi) is 3.72. The predicted octanol–water partition coefficient (Wildman–Crippen LogP) is 0.0113. The smallest absolute Gasteiger partial charge is 0.0781 e. The first-order valence-corrected chi connectivity index (χ1v) is 3.79. The highest BCUT2D eigenvalue weighted by Crippen LogP contribution is 2.04. The summed E-state index contributed by atoms with van der Waals surface area (Å²) in [5, 5.41) is 3.00. The minimum atomic E-state index is 0.583. The fourth-order valence-electron chi connectivity index (χ4n) is 0.0962. The van der Waals surface area contributed by atoms with Crippen molar-refractivity contribution in [1.29, 1.82) is 0 Å². The van der Waals surface area contributed by atoms with Crippen LogP contribution in [0.2, 0.25) is 0 Å². The summed E-state index contributed by atoms with van der Waals surface area (Å²) in [7, 11) is 0. The molecule has 0 bridgehead atoms. The molecule has 3 saturated heterocycles. The minimum absolute atomic E-state index is 0.583. The average Bonchev–Trinajstić information content (AvgIpc) is 2.71. The molecule has 3 heteroatoms. The monoisotopic (exact) mass is 145 g/mol. The first-order valence-electron chi connectivity index (χ1n) is 3.79. The van der Waals surface area contributed by atoms with Gasteiger partial charge in [-0.2, -0.15) is 0 Å². The molecule has 1 N–H and O–H groups in total. The number of hydrogen-bond donors (Lipinski definition) is 1. The molecule has 0 saturated carbocycles. The molecule has 1 atom stereocenters. The maximum Gasteiger partial charge on any atom is 0.0781 e. The number of rotatable bonds is 0. The Morgan fingerprint density at radius 1 is 1.30 bits per heavy atom. The highest BCUT2D eigenvalue weighted by Gasteiger charge is 2.13. The molecular weight excluding hydrogens is 130 g/mol. The van der Waals surface area contributed by atoms with Crippen LogP contribution in [0, 0.1) is 0 Å². The zero-order valence-electron chi connectivity index (χ0n) is 6.43. The van der Waals surface area contributed by atoms with Crippen molar-refractivity contribution in [2.75, 3.05) is 32.9 Å². The Hall–Kier alpha value is -0.120. The second-order valence-corrected chi connectivity index (χ2v) is 2.51. The lowest BCUT2D eigenvalue weighted by atomic mass is 10.6. The maximum atomic E-state index is 4.71. The molecule has 0 aromatic heterocycles. The highest BCUT2D eigenvalue weighted by molar-refractivity contribution is 4.58. The number of epoxide rings is 2. The molecule has 60 valence electrons. The van der Waals surface area contributed by atoms with E-state index in [2.05, 4.69) is 17.0 Å². The largest absolute Gasteiger partial charge is 0.377 e. The fraction of sp³-hybridized carbons (Fsp3) is 1.00. The van der Waals surface area contributed by atoms with E-state index in [1.807, 2.05) is 0 Å². The van der Waals surface area contributed by atoms with Crippen LogP contribution in [0.25, 0.3) is 0 Å². The Morgan fingerprint density at radius 3 is 1.60 bits per heavy atom. The van der Waals surface area contributed by atoms with Crippen LogP contribution in [0.4, 0.5) is 0 Å². The molecule has 3 rings (SSSR count). The van der Waals surface area contributed by atoms with Gasteiger partial charge in [0, 0.05) is 13.1 Å². The lowest BCUT2D eigenvalue weighted by Gasteiger charge is -1.50. The van der Waals surface area contributed by atoms with Crippen molar-refractivity contribution < 1.29 is 9.47 Å². The van der Waals surface area contributed by atoms with Crippen LogP contribution >= 0.6 is 0 Å². The molecule has 3 fully saturated rings. The molecule has 0 spiro atoms. The maximum absolute atomic E-state index is 4.71. The van der Waals surface area contributed by atoms with Crippen molar-refractivity contribution in [2.24, 2.45) is 0 Å². The van der Waals surface area contributed by atoms with E-state index in [0.29, 0.717) is 6.10 Å². The molecular formula is C7H15NO2. The van der Waals surface area contributed by atoms with Gasteiger partial charge < -0.3 is 14.8 Å². The standard InChI is InChI=1S/C3H6O.C2H5N.C2H4O/c1-3-2-4-3;2*1-2-3-1/h3H,2H2,1H3;3H,1-2H2;1-2H2. The van der Waals surface area contributed by atoms with Gasteiger partial charge in [0.05, 0.1) is 25.9 Å². The summed E-state index contributed by atoms with van der Waals surface area (Å²) < 4.78 is 9.21. The summed E-state index contributed by atoms with van der Waals surface area (Å²) in [4.78, 5) is 0. The summed E-state index contributed by atoms with van der Waals surface area (Å²) in [6.45, 7) is 7.54. The summed E-state index contributed by atoms with van der Waals surface area (Å²) in [5.74, 6) is 0. The van der Waals surface area contributed by atoms with Crippen molar-refractivity contribution in [3.8, 4) is 0 Å². The van der Waals surface area contributed by atoms with Gasteiger partial charge >= 0.3 is 0 Å². The van der Waals surface area contributed by atoms with E-state index in [0.717, 1.165) is 19.8 Å². The average molecular weight is 145 g/mol. The van der Waals surface area contributed by atoms with Crippen molar-refractivity contribution in [2.45, 2.75) is 13.0 Å². The second kappa shape index (κ2) is 4.66. The third kappa shape index (κ3) is 15.7. The molecule has 10 heavy (non-hydrogen) atoms. The van der Waals surface area contributed by atoms with Crippen LogP contribution in [0.3, 0.4) is 0 Å². The molecule has 0 radical (unpaired) electrons. The Balaban J connectivity index is 0.0000000762. The van der Waals surface area contributed by atoms with Crippen LogP contribution in [0.15, 0.2) is 0 Å². The zero-order chi connectivity index (χ0) is 7.23. The molecule has 3 nitrogen and oxygen atoms in total. The third-order valence-electron chi connectivity index (χ3n) is 0.954. The molecule has 0 aromatic rings. The number of ether oxygens (including phenoxy) is 2. The van der Waals surface area contributed by atoms with Gasteiger partial charge in [0.1, 0.15) is 0 Å². The molecule has 3 aliphatic rings. The van der Waals surface area contributed by atoms with E-state index in [-0.39, 0.29) is 0 Å². The van der Waals surface area contributed by atoms with Gasteiger partial charge in [0.2, 0.25) is 0 Å². The van der Waals surface area contributed by atoms with E-state index >= 15 is 0 Å². The predicted molar refractivity (Wildman–Crippen MR) is 39.1 cm³/mol. The molecule has 0 amide bonds. The van der Waals surface area contributed by atoms with E-state index in [4.69, 9.17) is 4.74 Å². The van der Waals surface area contributed by atoms with Crippen LogP contribution < -0.4 is 5.32 Å². The van der Waals surface area contributed by atoms with Crippen LogP contribution in [0.5, 0.6) is 0 Å². The SMILES string of the molecule is C1CN1.C1CO1.CC1CO1. The van der Waals surface area contributed by atoms with E-state index in [9.17, 15) is 0 Å². The fourth-order valence-corrected chi connectivity index (χ4v) is 0.0962.